The Hall–Kier alpha value is -3.42. The number of imidazole rings is 1. The predicted molar refractivity (Wildman–Crippen MR) is 161 cm³/mol. The highest BCUT2D eigenvalue weighted by Crippen LogP contribution is 2.51. The van der Waals surface area contributed by atoms with E-state index < -0.39 is 59.6 Å². The summed E-state index contributed by atoms with van der Waals surface area (Å²) in [4.78, 5) is 27.4. The van der Waals surface area contributed by atoms with Crippen LogP contribution in [-0.2, 0) is 33.4 Å². The zero-order valence-corrected chi connectivity index (χ0v) is 27.3. The number of benzene rings is 1. The van der Waals surface area contributed by atoms with Gasteiger partial charge in [0.1, 0.15) is 29.1 Å². The van der Waals surface area contributed by atoms with Crippen molar-refractivity contribution in [1.29, 1.82) is 0 Å². The van der Waals surface area contributed by atoms with Crippen molar-refractivity contribution >= 4 is 46.7 Å². The summed E-state index contributed by atoms with van der Waals surface area (Å²) in [6.07, 6.45) is -2.94. The summed E-state index contributed by atoms with van der Waals surface area (Å²) in [6.45, 7) is 7.63. The zero-order chi connectivity index (χ0) is 33.5. The first kappa shape index (κ1) is 34.5. The molecular formula is C25H37N8O10PS. The molecule has 0 aliphatic carbocycles. The first-order valence-corrected chi connectivity index (χ1v) is 16.9. The Labute approximate surface area is 259 Å². The molecule has 1 aromatic carbocycles. The van der Waals surface area contributed by atoms with Crippen molar-refractivity contribution in [3.63, 3.8) is 0 Å². The van der Waals surface area contributed by atoms with Crippen molar-refractivity contribution in [3.8, 4) is 5.75 Å². The van der Waals surface area contributed by atoms with Gasteiger partial charge in [0, 0.05) is 7.05 Å². The van der Waals surface area contributed by atoms with Crippen LogP contribution in [0.3, 0.4) is 0 Å². The number of esters is 1. The molecule has 0 spiro atoms. The fourth-order valence-electron chi connectivity index (χ4n) is 4.32. The highest BCUT2D eigenvalue weighted by molar-refractivity contribution is 7.88. The lowest BCUT2D eigenvalue weighted by Crippen LogP contribution is -2.45. The van der Waals surface area contributed by atoms with Gasteiger partial charge in [-0.2, -0.15) is 15.1 Å². The Balaban J connectivity index is 1.67. The molecule has 1 saturated heterocycles. The smallest absolute Gasteiger partial charge is 0.459 e. The molecule has 3 heterocycles. The molecular weight excluding hydrogens is 635 g/mol. The number of ether oxygens (including phenoxy) is 2. The second-order valence-corrected chi connectivity index (χ2v) is 14.9. The fourth-order valence-corrected chi connectivity index (χ4v) is 6.48. The minimum absolute atomic E-state index is 0.00170. The van der Waals surface area contributed by atoms with E-state index >= 15 is 0 Å². The molecule has 18 nitrogen and oxygen atoms in total. The van der Waals surface area contributed by atoms with E-state index in [2.05, 4.69) is 24.9 Å². The third-order valence-electron chi connectivity index (χ3n) is 6.24. The molecule has 0 saturated carbocycles. The normalized spacial score (nSPS) is 24.2. The van der Waals surface area contributed by atoms with Crippen molar-refractivity contribution in [3.05, 3.63) is 36.7 Å². The molecule has 1 fully saturated rings. The number of rotatable bonds is 11. The summed E-state index contributed by atoms with van der Waals surface area (Å²) in [5.74, 6) is -0.941. The van der Waals surface area contributed by atoms with Gasteiger partial charge in [0.2, 0.25) is 22.3 Å². The number of sulfonamides is 1. The number of nitrogens with zero attached hydrogens (tertiary/aromatic N) is 5. The second kappa shape index (κ2) is 12.4. The Morgan fingerprint density at radius 3 is 2.51 bits per heavy atom. The van der Waals surface area contributed by atoms with E-state index in [1.165, 1.54) is 43.9 Å². The van der Waals surface area contributed by atoms with Crippen molar-refractivity contribution < 1.29 is 46.5 Å². The van der Waals surface area contributed by atoms with Crippen molar-refractivity contribution in [2.45, 2.75) is 70.5 Å². The number of aliphatic hydroxyl groups is 2. The molecule has 3 unspecified atom stereocenters. The van der Waals surface area contributed by atoms with Gasteiger partial charge in [0.25, 0.3) is 0 Å². The summed E-state index contributed by atoms with van der Waals surface area (Å²) >= 11 is 0. The molecule has 0 radical (unpaired) electrons. The number of aromatic nitrogens is 4. The molecule has 0 amide bonds. The minimum atomic E-state index is -4.55. The first-order chi connectivity index (χ1) is 20.7. The maximum absolute atomic E-state index is 14.1. The highest BCUT2D eigenvalue weighted by Gasteiger charge is 2.56. The van der Waals surface area contributed by atoms with Crippen molar-refractivity contribution in [1.82, 2.24) is 29.4 Å². The lowest BCUT2D eigenvalue weighted by molar-refractivity contribution is -0.157. The molecule has 0 bridgehead atoms. The Morgan fingerprint density at radius 1 is 1.27 bits per heavy atom. The number of nitrogens with two attached hydrogens (primary N) is 1. The number of nitrogen functional groups attached to an aromatic ring is 1. The highest BCUT2D eigenvalue weighted by atomic mass is 32.2. The van der Waals surface area contributed by atoms with E-state index in [0.29, 0.717) is 0 Å². The third kappa shape index (κ3) is 8.06. The lowest BCUT2D eigenvalue weighted by atomic mass is 9.99. The Bertz CT molecular complexity index is 1700. The maximum atomic E-state index is 14.1. The fraction of sp³-hybridized carbons (Fsp3) is 0.520. The number of para-hydroxylation sites is 1. The van der Waals surface area contributed by atoms with Gasteiger partial charge in [-0.25, -0.2) is 18.0 Å². The molecule has 1 aliphatic heterocycles. The SMILES string of the molecule is C[C@H](NP(=O)(Oc1ccccc1)OC1O[C@@H](n2cnc3c(N(C)NS(C)(=O)=O)nc(N)nc32)[C@](C)(O)C1O)C(=O)OC(C)(C)C. The average molecular weight is 673 g/mol. The summed E-state index contributed by atoms with van der Waals surface area (Å²) in [5, 5.41) is 26.1. The number of anilines is 2. The zero-order valence-electron chi connectivity index (χ0n) is 25.6. The molecule has 2 aromatic heterocycles. The van der Waals surface area contributed by atoms with Crippen LogP contribution in [0.2, 0.25) is 0 Å². The van der Waals surface area contributed by atoms with Gasteiger partial charge in [-0.05, 0) is 46.8 Å². The molecule has 1 aliphatic rings. The number of carbonyl (C=O) groups excluding carboxylic acids is 1. The van der Waals surface area contributed by atoms with Crippen LogP contribution in [0, 0.1) is 0 Å². The van der Waals surface area contributed by atoms with Gasteiger partial charge in [0.05, 0.1) is 12.6 Å². The minimum Gasteiger partial charge on any atom is -0.459 e. The summed E-state index contributed by atoms with van der Waals surface area (Å²) in [6, 6.07) is 6.72. The van der Waals surface area contributed by atoms with E-state index in [0.717, 1.165) is 11.3 Å². The number of carbonyl (C=O) groups is 1. The number of aliphatic hydroxyl groups excluding tert-OH is 1. The van der Waals surface area contributed by atoms with Crippen LogP contribution < -0.4 is 25.2 Å². The van der Waals surface area contributed by atoms with E-state index in [1.54, 1.807) is 39.0 Å². The van der Waals surface area contributed by atoms with Crippen LogP contribution >= 0.6 is 7.75 Å². The van der Waals surface area contributed by atoms with Crippen LogP contribution in [-0.4, -0.2) is 87.1 Å². The van der Waals surface area contributed by atoms with Gasteiger partial charge in [-0.3, -0.25) is 18.9 Å². The maximum Gasteiger partial charge on any atom is 0.461 e. The lowest BCUT2D eigenvalue weighted by Gasteiger charge is -2.28. The molecule has 45 heavy (non-hydrogen) atoms. The molecule has 6 atom stereocenters. The molecule has 248 valence electrons. The molecule has 4 rings (SSSR count). The van der Waals surface area contributed by atoms with Crippen LogP contribution in [0.25, 0.3) is 11.2 Å². The van der Waals surface area contributed by atoms with Gasteiger partial charge in [-0.1, -0.05) is 18.2 Å². The first-order valence-electron chi connectivity index (χ1n) is 13.5. The average Bonchev–Trinajstić information content (AvgIpc) is 3.40. The van der Waals surface area contributed by atoms with Crippen LogP contribution in [0.4, 0.5) is 11.8 Å². The van der Waals surface area contributed by atoms with E-state index in [-0.39, 0.29) is 28.7 Å². The monoisotopic (exact) mass is 672 g/mol. The number of hydrogen-bond donors (Lipinski definition) is 5. The molecule has 6 N–H and O–H groups in total. The van der Waals surface area contributed by atoms with Crippen molar-refractivity contribution in [2.24, 2.45) is 0 Å². The number of hydrazine groups is 1. The number of nitrogens with one attached hydrogen (secondary N) is 2. The van der Waals surface area contributed by atoms with Gasteiger partial charge >= 0.3 is 13.7 Å². The van der Waals surface area contributed by atoms with Gasteiger partial charge in [0.15, 0.2) is 23.2 Å². The quantitative estimate of drug-likeness (QED) is 0.107. The Morgan fingerprint density at radius 2 is 1.91 bits per heavy atom. The Kier molecular flexibility index (Phi) is 9.50. The summed E-state index contributed by atoms with van der Waals surface area (Å²) < 4.78 is 61.5. The van der Waals surface area contributed by atoms with E-state index in [4.69, 9.17) is 24.3 Å². The predicted octanol–water partition coefficient (Wildman–Crippen LogP) is 0.799. The number of hydrogen-bond acceptors (Lipinski definition) is 15. The standard InChI is InChI=1S/C25H37N8O10PS/c1-14(20(35)41-24(2,3)4)30-44(37,42-15-11-9-8-10-12-15)43-21-17(34)25(5,36)22(40-21)33-13-27-16-18(28-23(26)29-19(16)33)32(6)31-45(7,38)39/h8-14,17,21-22,31,34,36H,1-7H3,(H,30,37)(H2,26,28,29)/t14-,17?,21?,22+,25+,44?/m0/s1. The second-order valence-electron chi connectivity index (χ2n) is 11.6. The largest absolute Gasteiger partial charge is 0.461 e. The topological polar surface area (TPSA) is 243 Å². The van der Waals surface area contributed by atoms with Crippen molar-refractivity contribution in [2.75, 3.05) is 24.0 Å². The van der Waals surface area contributed by atoms with Crippen LogP contribution in [0.15, 0.2) is 36.7 Å². The third-order valence-corrected chi connectivity index (χ3v) is 8.48. The van der Waals surface area contributed by atoms with E-state index in [1.807, 2.05) is 0 Å². The summed E-state index contributed by atoms with van der Waals surface area (Å²) in [7, 11) is -6.89. The summed E-state index contributed by atoms with van der Waals surface area (Å²) in [5.41, 5.74) is 2.99. The van der Waals surface area contributed by atoms with E-state index in [9.17, 15) is 28.0 Å². The van der Waals surface area contributed by atoms with Crippen LogP contribution in [0.1, 0.15) is 40.8 Å². The molecule has 20 heteroatoms. The van der Waals surface area contributed by atoms with Gasteiger partial charge < -0.3 is 29.9 Å². The number of fused-ring (bicyclic) bond motifs is 1. The molecule has 3 aromatic rings. The van der Waals surface area contributed by atoms with Crippen LogP contribution in [0.5, 0.6) is 5.75 Å². The van der Waals surface area contributed by atoms with Gasteiger partial charge in [-0.15, -0.1) is 4.83 Å².